The van der Waals surface area contributed by atoms with Crippen molar-refractivity contribution >= 4 is 11.8 Å². The first-order valence-corrected chi connectivity index (χ1v) is 7.43. The fourth-order valence-corrected chi connectivity index (χ4v) is 3.18. The van der Waals surface area contributed by atoms with Crippen molar-refractivity contribution < 1.29 is 0 Å². The van der Waals surface area contributed by atoms with Gasteiger partial charge in [0, 0.05) is 17.8 Å². The van der Waals surface area contributed by atoms with Crippen molar-refractivity contribution in [3.05, 3.63) is 12.7 Å². The third-order valence-electron chi connectivity index (χ3n) is 2.98. The van der Waals surface area contributed by atoms with E-state index in [4.69, 9.17) is 0 Å². The topological polar surface area (TPSA) is 12.0 Å². The highest BCUT2D eigenvalue weighted by atomic mass is 32.2. The van der Waals surface area contributed by atoms with Gasteiger partial charge in [0.25, 0.3) is 0 Å². The Morgan fingerprint density at radius 1 is 1.53 bits per heavy atom. The minimum Gasteiger partial charge on any atom is -0.311 e. The summed E-state index contributed by atoms with van der Waals surface area (Å²) < 4.78 is 0. The molecule has 1 heterocycles. The molecule has 88 valence electrons. The van der Waals surface area contributed by atoms with Gasteiger partial charge in [-0.05, 0) is 44.8 Å². The highest BCUT2D eigenvalue weighted by Gasteiger charge is 2.15. The van der Waals surface area contributed by atoms with Crippen LogP contribution in [0.5, 0.6) is 0 Å². The molecular weight excluding hydrogens is 202 g/mol. The second-order valence-electron chi connectivity index (χ2n) is 4.55. The second kappa shape index (κ2) is 8.23. The number of rotatable bonds is 7. The average Bonchev–Trinajstić information content (AvgIpc) is 2.26. The Hall–Kier alpha value is 0.0500. The zero-order chi connectivity index (χ0) is 10.9. The second-order valence-corrected chi connectivity index (χ2v) is 5.70. The lowest BCUT2D eigenvalue weighted by atomic mass is 10.1. The van der Waals surface area contributed by atoms with E-state index >= 15 is 0 Å². The Kier molecular flexibility index (Phi) is 7.20. The third-order valence-corrected chi connectivity index (χ3v) is 4.19. The number of thioether (sulfide) groups is 1. The molecule has 0 amide bonds. The van der Waals surface area contributed by atoms with Gasteiger partial charge in [0.15, 0.2) is 0 Å². The van der Waals surface area contributed by atoms with Gasteiger partial charge in [0.1, 0.15) is 0 Å². The normalized spacial score (nSPS) is 23.7. The highest BCUT2D eigenvalue weighted by molar-refractivity contribution is 7.99. The summed E-state index contributed by atoms with van der Waals surface area (Å²) in [5, 5.41) is 3.75. The van der Waals surface area contributed by atoms with Crippen LogP contribution in [0.15, 0.2) is 12.7 Å². The maximum absolute atomic E-state index is 3.75. The summed E-state index contributed by atoms with van der Waals surface area (Å²) in [5.41, 5.74) is 0. The standard InChI is InChI=1S/C13H25NS/c1-3-4-5-6-8-12(2)14-13-9-7-10-15-11-13/h3,12-14H,1,4-11H2,2H3. The third kappa shape index (κ3) is 6.26. The SMILES string of the molecule is C=CCCCCC(C)NC1CCCSC1. The molecule has 0 bridgehead atoms. The van der Waals surface area contributed by atoms with E-state index in [9.17, 15) is 0 Å². The number of hydrogen-bond donors (Lipinski definition) is 1. The first-order valence-electron chi connectivity index (χ1n) is 6.27. The van der Waals surface area contributed by atoms with Gasteiger partial charge in [-0.15, -0.1) is 6.58 Å². The van der Waals surface area contributed by atoms with E-state index in [1.54, 1.807) is 0 Å². The molecule has 1 rings (SSSR count). The van der Waals surface area contributed by atoms with Gasteiger partial charge < -0.3 is 5.32 Å². The largest absolute Gasteiger partial charge is 0.311 e. The van der Waals surface area contributed by atoms with Crippen LogP contribution in [0.2, 0.25) is 0 Å². The van der Waals surface area contributed by atoms with Gasteiger partial charge in [-0.1, -0.05) is 12.5 Å². The van der Waals surface area contributed by atoms with E-state index in [-0.39, 0.29) is 0 Å². The Morgan fingerprint density at radius 3 is 3.07 bits per heavy atom. The van der Waals surface area contributed by atoms with Crippen molar-refractivity contribution in [3.8, 4) is 0 Å². The fourth-order valence-electron chi connectivity index (χ4n) is 2.10. The van der Waals surface area contributed by atoms with Gasteiger partial charge in [0.05, 0.1) is 0 Å². The van der Waals surface area contributed by atoms with E-state index in [1.165, 1.54) is 50.0 Å². The van der Waals surface area contributed by atoms with Crippen LogP contribution in [-0.2, 0) is 0 Å². The molecule has 1 N–H and O–H groups in total. The van der Waals surface area contributed by atoms with E-state index < -0.39 is 0 Å². The molecule has 2 unspecified atom stereocenters. The van der Waals surface area contributed by atoms with Crippen LogP contribution in [0, 0.1) is 0 Å². The quantitative estimate of drug-likeness (QED) is 0.527. The average molecular weight is 227 g/mol. The lowest BCUT2D eigenvalue weighted by molar-refractivity contribution is 0.416. The van der Waals surface area contributed by atoms with Crippen molar-refractivity contribution in [2.75, 3.05) is 11.5 Å². The number of allylic oxidation sites excluding steroid dienone is 1. The van der Waals surface area contributed by atoms with Crippen LogP contribution in [0.4, 0.5) is 0 Å². The molecule has 1 saturated heterocycles. The van der Waals surface area contributed by atoms with Gasteiger partial charge in [-0.3, -0.25) is 0 Å². The molecule has 1 fully saturated rings. The molecule has 0 aromatic rings. The molecule has 0 aromatic carbocycles. The van der Waals surface area contributed by atoms with Gasteiger partial charge in [-0.2, -0.15) is 11.8 Å². The molecule has 0 spiro atoms. The van der Waals surface area contributed by atoms with Crippen LogP contribution in [0.25, 0.3) is 0 Å². The number of hydrogen-bond acceptors (Lipinski definition) is 2. The summed E-state index contributed by atoms with van der Waals surface area (Å²) in [6, 6.07) is 1.47. The molecule has 15 heavy (non-hydrogen) atoms. The lowest BCUT2D eigenvalue weighted by Gasteiger charge is -2.26. The summed E-state index contributed by atoms with van der Waals surface area (Å²) in [7, 11) is 0. The van der Waals surface area contributed by atoms with E-state index in [1.807, 2.05) is 6.08 Å². The summed E-state index contributed by atoms with van der Waals surface area (Å²) in [6.07, 6.45) is 9.92. The molecule has 1 nitrogen and oxygen atoms in total. The van der Waals surface area contributed by atoms with Crippen molar-refractivity contribution in [2.24, 2.45) is 0 Å². The van der Waals surface area contributed by atoms with Crippen LogP contribution < -0.4 is 5.32 Å². The van der Waals surface area contributed by atoms with Crippen LogP contribution in [0.1, 0.15) is 45.4 Å². The monoisotopic (exact) mass is 227 g/mol. The van der Waals surface area contributed by atoms with Gasteiger partial charge in [-0.25, -0.2) is 0 Å². The van der Waals surface area contributed by atoms with Gasteiger partial charge in [0.2, 0.25) is 0 Å². The molecule has 2 atom stereocenters. The first-order chi connectivity index (χ1) is 7.33. The van der Waals surface area contributed by atoms with E-state index in [0.717, 1.165) is 6.04 Å². The van der Waals surface area contributed by atoms with Crippen LogP contribution in [0.3, 0.4) is 0 Å². The number of nitrogens with one attached hydrogen (secondary N) is 1. The minimum absolute atomic E-state index is 0.693. The van der Waals surface area contributed by atoms with Crippen molar-refractivity contribution in [2.45, 2.75) is 57.5 Å². The summed E-state index contributed by atoms with van der Waals surface area (Å²) in [5.74, 6) is 2.68. The summed E-state index contributed by atoms with van der Waals surface area (Å²) >= 11 is 2.10. The zero-order valence-electron chi connectivity index (χ0n) is 10.0. The predicted octanol–water partition coefficient (Wildman–Crippen LogP) is 3.61. The van der Waals surface area contributed by atoms with Crippen molar-refractivity contribution in [1.29, 1.82) is 0 Å². The number of unbranched alkanes of at least 4 members (excludes halogenated alkanes) is 2. The Balaban J connectivity index is 2.01. The molecule has 1 aliphatic rings. The highest BCUT2D eigenvalue weighted by Crippen LogP contribution is 2.18. The molecule has 0 aromatic heterocycles. The molecule has 0 radical (unpaired) electrons. The summed E-state index contributed by atoms with van der Waals surface area (Å²) in [6.45, 7) is 6.08. The van der Waals surface area contributed by atoms with E-state index in [2.05, 4.69) is 30.6 Å². The Labute approximate surface area is 99.1 Å². The molecule has 0 aliphatic carbocycles. The molecule has 1 aliphatic heterocycles. The van der Waals surface area contributed by atoms with Crippen LogP contribution >= 0.6 is 11.8 Å². The van der Waals surface area contributed by atoms with Crippen LogP contribution in [-0.4, -0.2) is 23.6 Å². The molecule has 2 heteroatoms. The predicted molar refractivity (Wildman–Crippen MR) is 71.6 cm³/mol. The lowest BCUT2D eigenvalue weighted by Crippen LogP contribution is -2.39. The molecule has 0 saturated carbocycles. The summed E-state index contributed by atoms with van der Waals surface area (Å²) in [4.78, 5) is 0. The van der Waals surface area contributed by atoms with Gasteiger partial charge >= 0.3 is 0 Å². The maximum atomic E-state index is 3.75. The van der Waals surface area contributed by atoms with Crippen molar-refractivity contribution in [3.63, 3.8) is 0 Å². The minimum atomic E-state index is 0.693. The Morgan fingerprint density at radius 2 is 2.40 bits per heavy atom. The Bertz CT molecular complexity index is 164. The maximum Gasteiger partial charge on any atom is 0.0160 e. The van der Waals surface area contributed by atoms with E-state index in [0.29, 0.717) is 6.04 Å². The van der Waals surface area contributed by atoms with Crippen molar-refractivity contribution in [1.82, 2.24) is 5.32 Å². The smallest absolute Gasteiger partial charge is 0.0160 e. The molecular formula is C13H25NS. The zero-order valence-corrected chi connectivity index (χ0v) is 10.8. The fraction of sp³-hybridized carbons (Fsp3) is 0.846. The first kappa shape index (κ1) is 13.1.